The number of carbonyl (C=O) groups excluding carboxylic acids is 1. The number of nitrogens with zero attached hydrogens (tertiary/aromatic N) is 2. The van der Waals surface area contributed by atoms with Gasteiger partial charge < -0.3 is 4.74 Å². The summed E-state index contributed by atoms with van der Waals surface area (Å²) in [4.78, 5) is 24.8. The SMILES string of the molecule is O=C(Oc1cc(CCc2cccc3ccccc23)n[nH]c1=O)c1cc(CCc2ccccc2)[nH]n1. The third-order valence-electron chi connectivity index (χ3n) is 5.92. The highest BCUT2D eigenvalue weighted by molar-refractivity contribution is 5.89. The second kappa shape index (κ2) is 10.2. The quantitative estimate of drug-likeness (QED) is 0.331. The van der Waals surface area contributed by atoms with Crippen molar-refractivity contribution in [2.45, 2.75) is 25.7 Å². The molecule has 0 saturated carbocycles. The minimum absolute atomic E-state index is 0.0910. The molecular formula is C28H24N4O3. The fourth-order valence-corrected chi connectivity index (χ4v) is 4.07. The average Bonchev–Trinajstić information content (AvgIpc) is 3.38. The van der Waals surface area contributed by atoms with Crippen LogP contribution in [0.3, 0.4) is 0 Å². The second-order valence-corrected chi connectivity index (χ2v) is 8.34. The lowest BCUT2D eigenvalue weighted by atomic mass is 10.0. The summed E-state index contributed by atoms with van der Waals surface area (Å²) in [7, 11) is 0. The van der Waals surface area contributed by atoms with Gasteiger partial charge in [-0.3, -0.25) is 9.89 Å². The topological polar surface area (TPSA) is 101 Å². The largest absolute Gasteiger partial charge is 0.416 e. The first kappa shape index (κ1) is 22.3. The molecular weight excluding hydrogens is 440 g/mol. The van der Waals surface area contributed by atoms with Crippen molar-refractivity contribution >= 4 is 16.7 Å². The number of nitrogens with one attached hydrogen (secondary N) is 2. The monoisotopic (exact) mass is 464 g/mol. The van der Waals surface area contributed by atoms with Gasteiger partial charge in [-0.05, 0) is 53.6 Å². The van der Waals surface area contributed by atoms with Crippen LogP contribution < -0.4 is 10.3 Å². The Balaban J connectivity index is 1.24. The second-order valence-electron chi connectivity index (χ2n) is 8.34. The Morgan fingerprint density at radius 1 is 0.771 bits per heavy atom. The van der Waals surface area contributed by atoms with Gasteiger partial charge in [-0.1, -0.05) is 72.8 Å². The van der Waals surface area contributed by atoms with Crippen molar-refractivity contribution in [2.75, 3.05) is 0 Å². The summed E-state index contributed by atoms with van der Waals surface area (Å²) in [5.41, 5.74) is 3.40. The summed E-state index contributed by atoms with van der Waals surface area (Å²) in [6, 6.07) is 27.6. The lowest BCUT2D eigenvalue weighted by molar-refractivity contribution is 0.0725. The van der Waals surface area contributed by atoms with Gasteiger partial charge >= 0.3 is 11.5 Å². The number of hydrogen-bond acceptors (Lipinski definition) is 5. The van der Waals surface area contributed by atoms with Gasteiger partial charge in [0.1, 0.15) is 0 Å². The summed E-state index contributed by atoms with van der Waals surface area (Å²) in [6.07, 6.45) is 2.85. The van der Waals surface area contributed by atoms with Gasteiger partial charge in [0.15, 0.2) is 11.4 Å². The maximum atomic E-state index is 12.6. The first-order chi connectivity index (χ1) is 17.2. The number of benzene rings is 3. The Kier molecular flexibility index (Phi) is 6.48. The van der Waals surface area contributed by atoms with E-state index in [1.165, 1.54) is 28.0 Å². The van der Waals surface area contributed by atoms with Crippen molar-refractivity contribution in [2.24, 2.45) is 0 Å². The molecule has 7 nitrogen and oxygen atoms in total. The first-order valence-electron chi connectivity index (χ1n) is 11.5. The number of aromatic amines is 2. The van der Waals surface area contributed by atoms with Gasteiger partial charge in [-0.2, -0.15) is 10.2 Å². The molecule has 0 radical (unpaired) electrons. The highest BCUT2D eigenvalue weighted by Gasteiger charge is 2.16. The van der Waals surface area contributed by atoms with Crippen LogP contribution in [-0.4, -0.2) is 26.4 Å². The molecule has 35 heavy (non-hydrogen) atoms. The maximum Gasteiger partial charge on any atom is 0.364 e. The summed E-state index contributed by atoms with van der Waals surface area (Å²) < 4.78 is 5.37. The molecule has 0 spiro atoms. The van der Waals surface area contributed by atoms with Gasteiger partial charge in [-0.25, -0.2) is 9.89 Å². The molecule has 2 aromatic heterocycles. The molecule has 5 aromatic rings. The number of carbonyl (C=O) groups is 1. The highest BCUT2D eigenvalue weighted by Crippen LogP contribution is 2.20. The van der Waals surface area contributed by atoms with E-state index in [0.717, 1.165) is 18.5 Å². The van der Waals surface area contributed by atoms with E-state index in [9.17, 15) is 9.59 Å². The zero-order chi connectivity index (χ0) is 24.0. The summed E-state index contributed by atoms with van der Waals surface area (Å²) in [6.45, 7) is 0. The third kappa shape index (κ3) is 5.35. The van der Waals surface area contributed by atoms with Crippen LogP contribution in [0.1, 0.15) is 33.0 Å². The predicted octanol–water partition coefficient (Wildman–Crippen LogP) is 4.44. The van der Waals surface area contributed by atoms with Crippen molar-refractivity contribution in [3.05, 3.63) is 123 Å². The van der Waals surface area contributed by atoms with Crippen molar-refractivity contribution < 1.29 is 9.53 Å². The fraction of sp³-hybridized carbons (Fsp3) is 0.143. The number of ether oxygens (including phenoxy) is 1. The van der Waals surface area contributed by atoms with Crippen LogP contribution in [0, 0.1) is 0 Å². The Labute approximate surface area is 201 Å². The van der Waals surface area contributed by atoms with E-state index in [0.29, 0.717) is 18.5 Å². The highest BCUT2D eigenvalue weighted by atomic mass is 16.5. The van der Waals surface area contributed by atoms with Gasteiger partial charge in [0.05, 0.1) is 5.69 Å². The molecule has 174 valence electrons. The molecule has 0 atom stereocenters. The molecule has 5 rings (SSSR count). The molecule has 7 heteroatoms. The zero-order valence-electron chi connectivity index (χ0n) is 19.0. The average molecular weight is 465 g/mol. The lowest BCUT2D eigenvalue weighted by Gasteiger charge is -2.07. The number of H-pyrrole nitrogens is 2. The van der Waals surface area contributed by atoms with Crippen LogP contribution in [0.5, 0.6) is 5.75 Å². The van der Waals surface area contributed by atoms with E-state index in [1.54, 1.807) is 6.07 Å². The minimum atomic E-state index is -0.691. The zero-order valence-corrected chi connectivity index (χ0v) is 19.0. The van der Waals surface area contributed by atoms with Crippen molar-refractivity contribution in [1.29, 1.82) is 0 Å². The Morgan fingerprint density at radius 3 is 2.46 bits per heavy atom. The van der Waals surface area contributed by atoms with Crippen molar-refractivity contribution in [3.63, 3.8) is 0 Å². The van der Waals surface area contributed by atoms with Crippen molar-refractivity contribution in [1.82, 2.24) is 20.4 Å². The molecule has 2 heterocycles. The third-order valence-corrected chi connectivity index (χ3v) is 5.92. The van der Waals surface area contributed by atoms with Crippen LogP contribution >= 0.6 is 0 Å². The molecule has 0 aliphatic rings. The van der Waals surface area contributed by atoms with Gasteiger partial charge in [0.25, 0.3) is 0 Å². The number of rotatable bonds is 8. The normalized spacial score (nSPS) is 11.0. The Hall–Kier alpha value is -4.52. The van der Waals surface area contributed by atoms with Gasteiger partial charge in [0.2, 0.25) is 0 Å². The van der Waals surface area contributed by atoms with Crippen molar-refractivity contribution in [3.8, 4) is 5.75 Å². The molecule has 0 aliphatic carbocycles. The summed E-state index contributed by atoms with van der Waals surface area (Å²) >= 11 is 0. The smallest absolute Gasteiger partial charge is 0.364 e. The van der Waals surface area contributed by atoms with E-state index in [4.69, 9.17) is 4.74 Å². The molecule has 0 fully saturated rings. The first-order valence-corrected chi connectivity index (χ1v) is 11.5. The van der Waals surface area contributed by atoms with Gasteiger partial charge in [-0.15, -0.1) is 0 Å². The minimum Gasteiger partial charge on any atom is -0.416 e. The number of aryl methyl sites for hydroxylation is 4. The number of fused-ring (bicyclic) bond motifs is 1. The van der Waals surface area contributed by atoms with Crippen LogP contribution in [-0.2, 0) is 25.7 Å². The van der Waals surface area contributed by atoms with E-state index in [2.05, 4.69) is 56.8 Å². The van der Waals surface area contributed by atoms with Crippen LogP contribution in [0.15, 0.2) is 89.7 Å². The number of hydrogen-bond donors (Lipinski definition) is 2. The number of esters is 1. The molecule has 0 unspecified atom stereocenters. The molecule has 0 bridgehead atoms. The van der Waals surface area contributed by atoms with Crippen LogP contribution in [0.4, 0.5) is 0 Å². The van der Waals surface area contributed by atoms with E-state index >= 15 is 0 Å². The molecule has 2 N–H and O–H groups in total. The Bertz CT molecular complexity index is 1520. The molecule has 3 aromatic carbocycles. The fourth-order valence-electron chi connectivity index (χ4n) is 4.07. The number of aromatic nitrogens is 4. The van der Waals surface area contributed by atoms with E-state index in [-0.39, 0.29) is 11.4 Å². The molecule has 0 amide bonds. The van der Waals surface area contributed by atoms with E-state index in [1.807, 2.05) is 36.4 Å². The lowest BCUT2D eigenvalue weighted by Crippen LogP contribution is -2.19. The van der Waals surface area contributed by atoms with Gasteiger partial charge in [0, 0.05) is 11.8 Å². The predicted molar refractivity (Wildman–Crippen MR) is 134 cm³/mol. The van der Waals surface area contributed by atoms with E-state index < -0.39 is 11.5 Å². The van der Waals surface area contributed by atoms with Crippen LogP contribution in [0.2, 0.25) is 0 Å². The maximum absolute atomic E-state index is 12.6. The molecule has 0 saturated heterocycles. The molecule has 0 aliphatic heterocycles. The van der Waals surface area contributed by atoms with Crippen LogP contribution in [0.25, 0.3) is 10.8 Å². The standard InChI is InChI=1S/C28H24N4O3/c33-27-26(35-28(34)25-17-22(29-31-25)15-13-19-7-2-1-3-8-19)18-23(30-32-27)16-14-21-11-6-10-20-9-4-5-12-24(20)21/h1-12,17-18H,13-16H2,(H,29,31)(H,32,33). The summed E-state index contributed by atoms with van der Waals surface area (Å²) in [5.74, 6) is -0.782. The Morgan fingerprint density at radius 2 is 1.57 bits per heavy atom. The summed E-state index contributed by atoms with van der Waals surface area (Å²) in [5, 5.41) is 15.8.